The van der Waals surface area contributed by atoms with Gasteiger partial charge in [-0.15, -0.1) is 11.3 Å². The molecule has 1 aliphatic heterocycles. The highest BCUT2D eigenvalue weighted by Crippen LogP contribution is 2.18. The summed E-state index contributed by atoms with van der Waals surface area (Å²) in [4.78, 5) is 17.4. The first-order valence-corrected chi connectivity index (χ1v) is 7.86. The summed E-state index contributed by atoms with van der Waals surface area (Å²) in [6.45, 7) is 6.63. The molecule has 0 spiro atoms. The standard InChI is InChI=1S/C14H22N4O2S/c1-14(2,13(15)16-20)18-7-5-17(6-8-18)12(19)10-11-4-3-9-21-11/h3-4,9,20H,5-8,10H2,1-2H3,(H2,15,16). The minimum Gasteiger partial charge on any atom is -0.409 e. The molecule has 0 radical (unpaired) electrons. The third-order valence-electron chi connectivity index (χ3n) is 4.06. The highest BCUT2D eigenvalue weighted by molar-refractivity contribution is 7.10. The Kier molecular flexibility index (Phi) is 4.84. The van der Waals surface area contributed by atoms with Crippen LogP contribution >= 0.6 is 11.3 Å². The molecular weight excluding hydrogens is 288 g/mol. The number of hydrogen-bond acceptors (Lipinski definition) is 5. The molecule has 3 N–H and O–H groups in total. The number of carbonyl (C=O) groups excluding carboxylic acids is 1. The van der Waals surface area contributed by atoms with Gasteiger partial charge in [-0.25, -0.2) is 0 Å². The highest BCUT2D eigenvalue weighted by atomic mass is 32.1. The van der Waals surface area contributed by atoms with Crippen LogP contribution in [0.2, 0.25) is 0 Å². The average molecular weight is 310 g/mol. The van der Waals surface area contributed by atoms with Crippen molar-refractivity contribution in [2.45, 2.75) is 25.8 Å². The van der Waals surface area contributed by atoms with Gasteiger partial charge in [-0.05, 0) is 25.3 Å². The minimum atomic E-state index is -0.502. The summed E-state index contributed by atoms with van der Waals surface area (Å²) in [5.41, 5.74) is 5.24. The van der Waals surface area contributed by atoms with Crippen LogP contribution in [0.25, 0.3) is 0 Å². The summed E-state index contributed by atoms with van der Waals surface area (Å²) in [7, 11) is 0. The second-order valence-electron chi connectivity index (χ2n) is 5.67. The van der Waals surface area contributed by atoms with Crippen molar-refractivity contribution in [2.24, 2.45) is 10.9 Å². The lowest BCUT2D eigenvalue weighted by atomic mass is 10.00. The topological polar surface area (TPSA) is 82.2 Å². The van der Waals surface area contributed by atoms with Crippen molar-refractivity contribution < 1.29 is 10.0 Å². The van der Waals surface area contributed by atoms with Crippen molar-refractivity contribution in [1.82, 2.24) is 9.80 Å². The van der Waals surface area contributed by atoms with Gasteiger partial charge in [0.15, 0.2) is 5.84 Å². The first-order chi connectivity index (χ1) is 9.95. The number of hydrogen-bond donors (Lipinski definition) is 2. The van der Waals surface area contributed by atoms with E-state index in [1.165, 1.54) is 0 Å². The molecule has 1 fully saturated rings. The second kappa shape index (κ2) is 6.44. The van der Waals surface area contributed by atoms with Crippen LogP contribution in [0.5, 0.6) is 0 Å². The van der Waals surface area contributed by atoms with E-state index >= 15 is 0 Å². The first-order valence-electron chi connectivity index (χ1n) is 6.98. The number of amides is 1. The van der Waals surface area contributed by atoms with E-state index in [-0.39, 0.29) is 11.7 Å². The van der Waals surface area contributed by atoms with E-state index in [2.05, 4.69) is 10.1 Å². The molecule has 0 bridgehead atoms. The van der Waals surface area contributed by atoms with Gasteiger partial charge < -0.3 is 15.8 Å². The summed E-state index contributed by atoms with van der Waals surface area (Å²) in [5.74, 6) is 0.361. The molecule has 21 heavy (non-hydrogen) atoms. The van der Waals surface area contributed by atoms with Crippen LogP contribution in [0.3, 0.4) is 0 Å². The van der Waals surface area contributed by atoms with E-state index < -0.39 is 5.54 Å². The summed E-state index contributed by atoms with van der Waals surface area (Å²) in [6.07, 6.45) is 0.474. The predicted octanol–water partition coefficient (Wildman–Crippen LogP) is 0.960. The number of carbonyl (C=O) groups is 1. The lowest BCUT2D eigenvalue weighted by Gasteiger charge is -2.43. The SMILES string of the molecule is CC(C)(C(N)=NO)N1CCN(C(=O)Cc2cccs2)CC1. The maximum atomic E-state index is 12.2. The summed E-state index contributed by atoms with van der Waals surface area (Å²) in [6, 6.07) is 3.95. The van der Waals surface area contributed by atoms with Crippen molar-refractivity contribution in [3.8, 4) is 0 Å². The number of piperazine rings is 1. The Morgan fingerprint density at radius 3 is 2.62 bits per heavy atom. The summed E-state index contributed by atoms with van der Waals surface area (Å²) < 4.78 is 0. The Hall–Kier alpha value is -1.60. The molecule has 1 aromatic rings. The molecule has 0 saturated carbocycles. The van der Waals surface area contributed by atoms with Crippen LogP contribution in [-0.4, -0.2) is 58.5 Å². The van der Waals surface area contributed by atoms with Gasteiger partial charge in [-0.3, -0.25) is 9.69 Å². The number of oxime groups is 1. The van der Waals surface area contributed by atoms with E-state index in [9.17, 15) is 4.79 Å². The molecule has 7 heteroatoms. The van der Waals surface area contributed by atoms with E-state index in [0.29, 0.717) is 19.5 Å². The number of rotatable bonds is 4. The van der Waals surface area contributed by atoms with E-state index in [1.54, 1.807) is 11.3 Å². The lowest BCUT2D eigenvalue weighted by Crippen LogP contribution is -2.60. The normalized spacial score (nSPS) is 18.0. The Labute approximate surface area is 128 Å². The molecule has 2 heterocycles. The number of thiophene rings is 1. The van der Waals surface area contributed by atoms with Gasteiger partial charge in [0.2, 0.25) is 5.91 Å². The zero-order chi connectivity index (χ0) is 15.5. The third kappa shape index (κ3) is 3.54. The zero-order valence-electron chi connectivity index (χ0n) is 12.5. The zero-order valence-corrected chi connectivity index (χ0v) is 13.3. The molecule has 0 aromatic carbocycles. The molecule has 116 valence electrons. The molecular formula is C14H22N4O2S. The molecule has 1 aliphatic rings. The third-order valence-corrected chi connectivity index (χ3v) is 4.94. The van der Waals surface area contributed by atoms with Crippen LogP contribution < -0.4 is 5.73 Å². The van der Waals surface area contributed by atoms with Gasteiger partial charge in [0, 0.05) is 31.1 Å². The second-order valence-corrected chi connectivity index (χ2v) is 6.70. The smallest absolute Gasteiger partial charge is 0.227 e. The Balaban J connectivity index is 1.90. The summed E-state index contributed by atoms with van der Waals surface area (Å²) >= 11 is 1.61. The van der Waals surface area contributed by atoms with Gasteiger partial charge in [0.25, 0.3) is 0 Å². The molecule has 1 amide bonds. The van der Waals surface area contributed by atoms with E-state index in [4.69, 9.17) is 10.9 Å². The molecule has 0 atom stereocenters. The van der Waals surface area contributed by atoms with Crippen LogP contribution in [0.4, 0.5) is 0 Å². The molecule has 1 saturated heterocycles. The quantitative estimate of drug-likeness (QED) is 0.376. The van der Waals surface area contributed by atoms with Gasteiger partial charge in [0.05, 0.1) is 12.0 Å². The molecule has 1 aromatic heterocycles. The van der Waals surface area contributed by atoms with Crippen molar-refractivity contribution >= 4 is 23.1 Å². The number of nitrogens with zero attached hydrogens (tertiary/aromatic N) is 3. The maximum absolute atomic E-state index is 12.2. The monoisotopic (exact) mass is 310 g/mol. The van der Waals surface area contributed by atoms with E-state index in [1.807, 2.05) is 36.3 Å². The summed E-state index contributed by atoms with van der Waals surface area (Å²) in [5, 5.41) is 14.0. The molecule has 2 rings (SSSR count). The average Bonchev–Trinajstić information content (AvgIpc) is 2.99. The minimum absolute atomic E-state index is 0.165. The number of nitrogens with two attached hydrogens (primary N) is 1. The molecule has 0 aliphatic carbocycles. The van der Waals surface area contributed by atoms with Crippen LogP contribution in [0.15, 0.2) is 22.7 Å². The fourth-order valence-corrected chi connectivity index (χ4v) is 3.17. The first kappa shape index (κ1) is 15.8. The lowest BCUT2D eigenvalue weighted by molar-refractivity contribution is -0.132. The fourth-order valence-electron chi connectivity index (χ4n) is 2.47. The van der Waals surface area contributed by atoms with E-state index in [0.717, 1.165) is 18.0 Å². The van der Waals surface area contributed by atoms with Gasteiger partial charge >= 0.3 is 0 Å². The predicted molar refractivity (Wildman–Crippen MR) is 83.7 cm³/mol. The van der Waals surface area contributed by atoms with Gasteiger partial charge in [0.1, 0.15) is 0 Å². The highest BCUT2D eigenvalue weighted by Gasteiger charge is 2.34. The van der Waals surface area contributed by atoms with Gasteiger partial charge in [-0.1, -0.05) is 11.2 Å². The fraction of sp³-hybridized carbons (Fsp3) is 0.571. The van der Waals surface area contributed by atoms with Crippen LogP contribution in [0.1, 0.15) is 18.7 Å². The number of amidine groups is 1. The Morgan fingerprint density at radius 1 is 1.43 bits per heavy atom. The van der Waals surface area contributed by atoms with Crippen molar-refractivity contribution in [3.63, 3.8) is 0 Å². The largest absolute Gasteiger partial charge is 0.409 e. The Morgan fingerprint density at radius 2 is 2.10 bits per heavy atom. The van der Waals surface area contributed by atoms with Crippen LogP contribution in [-0.2, 0) is 11.2 Å². The maximum Gasteiger partial charge on any atom is 0.227 e. The molecule has 0 unspecified atom stereocenters. The van der Waals surface area contributed by atoms with Crippen molar-refractivity contribution in [1.29, 1.82) is 0 Å². The molecule has 6 nitrogen and oxygen atoms in total. The van der Waals surface area contributed by atoms with Crippen molar-refractivity contribution in [2.75, 3.05) is 26.2 Å². The Bertz CT molecular complexity index is 505. The van der Waals surface area contributed by atoms with Crippen molar-refractivity contribution in [3.05, 3.63) is 22.4 Å². The van der Waals surface area contributed by atoms with Gasteiger partial charge in [-0.2, -0.15) is 0 Å². The van der Waals surface area contributed by atoms with Crippen LogP contribution in [0, 0.1) is 0 Å².